The third-order valence-corrected chi connectivity index (χ3v) is 3.22. The van der Waals surface area contributed by atoms with Crippen molar-refractivity contribution in [3.8, 4) is 0 Å². The smallest absolute Gasteiger partial charge is 0.307 e. The van der Waals surface area contributed by atoms with Gasteiger partial charge >= 0.3 is 5.97 Å². The number of anilines is 1. The molecule has 1 saturated carbocycles. The lowest BCUT2D eigenvalue weighted by Crippen LogP contribution is -2.16. The number of hydrogen-bond donors (Lipinski definition) is 2. The maximum absolute atomic E-state index is 11.7. The van der Waals surface area contributed by atoms with Crippen molar-refractivity contribution in [2.24, 2.45) is 11.8 Å². The topological polar surface area (TPSA) is 66.4 Å². The van der Waals surface area contributed by atoms with Gasteiger partial charge in [-0.2, -0.15) is 0 Å². The highest BCUT2D eigenvalue weighted by Crippen LogP contribution is 2.39. The van der Waals surface area contributed by atoms with Crippen LogP contribution in [0.4, 0.5) is 5.69 Å². The molecule has 2 unspecified atom stereocenters. The summed E-state index contributed by atoms with van der Waals surface area (Å²) in [7, 11) is 0. The van der Waals surface area contributed by atoms with E-state index in [1.54, 1.807) is 0 Å². The van der Waals surface area contributed by atoms with Gasteiger partial charge in [-0.15, -0.1) is 0 Å². The zero-order valence-corrected chi connectivity index (χ0v) is 9.86. The Labute approximate surface area is 99.6 Å². The zero-order valence-electron chi connectivity index (χ0n) is 9.86. The highest BCUT2D eigenvalue weighted by Gasteiger charge is 2.48. The van der Waals surface area contributed by atoms with Crippen molar-refractivity contribution in [2.75, 3.05) is 5.32 Å². The second-order valence-corrected chi connectivity index (χ2v) is 4.58. The molecule has 1 amide bonds. The first kappa shape index (κ1) is 11.6. The molecule has 2 rings (SSSR count). The van der Waals surface area contributed by atoms with E-state index in [-0.39, 0.29) is 11.8 Å². The molecule has 17 heavy (non-hydrogen) atoms. The summed E-state index contributed by atoms with van der Waals surface area (Å²) < 4.78 is 0. The molecule has 4 heteroatoms. The molecule has 0 spiro atoms. The van der Waals surface area contributed by atoms with Crippen molar-refractivity contribution < 1.29 is 14.7 Å². The molecule has 0 heterocycles. The average Bonchev–Trinajstić information content (AvgIpc) is 3.03. The molecule has 1 aromatic carbocycles. The van der Waals surface area contributed by atoms with Gasteiger partial charge in [0.1, 0.15) is 0 Å². The Balaban J connectivity index is 2.00. The van der Waals surface area contributed by atoms with E-state index in [0.717, 1.165) is 16.8 Å². The molecule has 1 aliphatic carbocycles. The van der Waals surface area contributed by atoms with Gasteiger partial charge in [-0.1, -0.05) is 6.07 Å². The van der Waals surface area contributed by atoms with Crippen molar-refractivity contribution >= 4 is 17.6 Å². The van der Waals surface area contributed by atoms with E-state index in [0.29, 0.717) is 6.42 Å². The Hall–Kier alpha value is -1.84. The molecule has 0 radical (unpaired) electrons. The Bertz CT molecular complexity index is 482. The molecule has 1 aliphatic rings. The molecule has 2 N–H and O–H groups in total. The minimum atomic E-state index is -0.884. The summed E-state index contributed by atoms with van der Waals surface area (Å²) in [5.41, 5.74) is 3.00. The molecule has 0 bridgehead atoms. The number of amides is 1. The summed E-state index contributed by atoms with van der Waals surface area (Å²) in [6.45, 7) is 3.98. The molecule has 1 fully saturated rings. The maximum atomic E-state index is 11.7. The van der Waals surface area contributed by atoms with Crippen molar-refractivity contribution in [1.82, 2.24) is 0 Å². The van der Waals surface area contributed by atoms with Gasteiger partial charge in [-0.05, 0) is 43.5 Å². The second-order valence-electron chi connectivity index (χ2n) is 4.58. The van der Waals surface area contributed by atoms with E-state index < -0.39 is 11.9 Å². The van der Waals surface area contributed by atoms with Crippen LogP contribution in [0.3, 0.4) is 0 Å². The predicted octanol–water partition coefficient (Wildman–Crippen LogP) is 1.96. The van der Waals surface area contributed by atoms with E-state index in [1.165, 1.54) is 0 Å². The first-order valence-corrected chi connectivity index (χ1v) is 5.60. The van der Waals surface area contributed by atoms with Crippen molar-refractivity contribution in [3.05, 3.63) is 29.3 Å². The number of carbonyl (C=O) groups excluding carboxylic acids is 1. The first-order chi connectivity index (χ1) is 7.99. The number of nitrogens with one attached hydrogen (secondary N) is 1. The van der Waals surface area contributed by atoms with E-state index in [4.69, 9.17) is 5.11 Å². The summed E-state index contributed by atoms with van der Waals surface area (Å²) in [6.07, 6.45) is 0.450. The Morgan fingerprint density at radius 3 is 2.47 bits per heavy atom. The summed E-state index contributed by atoms with van der Waals surface area (Å²) in [5, 5.41) is 11.5. The van der Waals surface area contributed by atoms with Crippen LogP contribution in [-0.2, 0) is 9.59 Å². The molecule has 0 saturated heterocycles. The van der Waals surface area contributed by atoms with Crippen LogP contribution in [0.15, 0.2) is 18.2 Å². The standard InChI is InChI=1S/C13H15NO3/c1-7-3-4-9(5-8(7)2)14-12(15)10-6-11(10)13(16)17/h3-5,10-11H,6H2,1-2H3,(H,14,15)(H,16,17). The Morgan fingerprint density at radius 1 is 1.24 bits per heavy atom. The van der Waals surface area contributed by atoms with Gasteiger partial charge in [0, 0.05) is 5.69 Å². The second kappa shape index (κ2) is 4.20. The van der Waals surface area contributed by atoms with Gasteiger partial charge < -0.3 is 10.4 Å². The lowest BCUT2D eigenvalue weighted by atomic mass is 10.1. The van der Waals surface area contributed by atoms with Gasteiger partial charge in [0.2, 0.25) is 5.91 Å². The summed E-state index contributed by atoms with van der Waals surface area (Å²) >= 11 is 0. The number of carbonyl (C=O) groups is 2. The predicted molar refractivity (Wildman–Crippen MR) is 63.8 cm³/mol. The molecule has 90 valence electrons. The van der Waals surface area contributed by atoms with Crippen LogP contribution in [0.5, 0.6) is 0 Å². The summed E-state index contributed by atoms with van der Waals surface area (Å²) in [4.78, 5) is 22.4. The maximum Gasteiger partial charge on any atom is 0.307 e. The van der Waals surface area contributed by atoms with E-state index in [2.05, 4.69) is 5.32 Å². The van der Waals surface area contributed by atoms with Gasteiger partial charge in [-0.3, -0.25) is 9.59 Å². The molecular formula is C13H15NO3. The summed E-state index contributed by atoms with van der Waals surface area (Å²) in [5.74, 6) is -1.94. The number of aliphatic carboxylic acids is 1. The van der Waals surface area contributed by atoms with Gasteiger partial charge in [0.25, 0.3) is 0 Å². The van der Waals surface area contributed by atoms with Crippen LogP contribution < -0.4 is 5.32 Å². The normalized spacial score (nSPS) is 22.0. The monoisotopic (exact) mass is 233 g/mol. The first-order valence-electron chi connectivity index (χ1n) is 5.60. The number of rotatable bonds is 3. The van der Waals surface area contributed by atoms with E-state index in [9.17, 15) is 9.59 Å². The molecule has 0 aliphatic heterocycles. The summed E-state index contributed by atoms with van der Waals surface area (Å²) in [6, 6.07) is 5.66. The minimum Gasteiger partial charge on any atom is -0.481 e. The number of hydrogen-bond acceptors (Lipinski definition) is 2. The number of benzene rings is 1. The van der Waals surface area contributed by atoms with Crippen LogP contribution in [0.1, 0.15) is 17.5 Å². The zero-order chi connectivity index (χ0) is 12.6. The number of carboxylic acid groups (broad SMARTS) is 1. The average molecular weight is 233 g/mol. The van der Waals surface area contributed by atoms with E-state index in [1.807, 2.05) is 32.0 Å². The third kappa shape index (κ3) is 2.46. The van der Waals surface area contributed by atoms with Gasteiger partial charge in [-0.25, -0.2) is 0 Å². The molecular weight excluding hydrogens is 218 g/mol. The Morgan fingerprint density at radius 2 is 1.94 bits per heavy atom. The van der Waals surface area contributed by atoms with Crippen molar-refractivity contribution in [1.29, 1.82) is 0 Å². The molecule has 2 atom stereocenters. The van der Waals surface area contributed by atoms with Crippen LogP contribution in [-0.4, -0.2) is 17.0 Å². The third-order valence-electron chi connectivity index (χ3n) is 3.22. The Kier molecular flexibility index (Phi) is 2.88. The lowest BCUT2D eigenvalue weighted by Gasteiger charge is -2.07. The van der Waals surface area contributed by atoms with Crippen molar-refractivity contribution in [3.63, 3.8) is 0 Å². The minimum absolute atomic E-state index is 0.194. The molecule has 0 aromatic heterocycles. The van der Waals surface area contributed by atoms with Crippen LogP contribution in [0.25, 0.3) is 0 Å². The fourth-order valence-electron chi connectivity index (χ4n) is 1.81. The fraction of sp³-hybridized carbons (Fsp3) is 0.385. The van der Waals surface area contributed by atoms with Gasteiger partial charge in [0.15, 0.2) is 0 Å². The highest BCUT2D eigenvalue weighted by atomic mass is 16.4. The van der Waals surface area contributed by atoms with Gasteiger partial charge in [0.05, 0.1) is 11.8 Å². The largest absolute Gasteiger partial charge is 0.481 e. The molecule has 1 aromatic rings. The fourth-order valence-corrected chi connectivity index (χ4v) is 1.81. The highest BCUT2D eigenvalue weighted by molar-refractivity contribution is 5.98. The van der Waals surface area contributed by atoms with Crippen molar-refractivity contribution in [2.45, 2.75) is 20.3 Å². The SMILES string of the molecule is Cc1ccc(NC(=O)C2CC2C(=O)O)cc1C. The van der Waals surface area contributed by atoms with Crippen LogP contribution in [0, 0.1) is 25.7 Å². The quantitative estimate of drug-likeness (QED) is 0.838. The van der Waals surface area contributed by atoms with E-state index >= 15 is 0 Å². The van der Waals surface area contributed by atoms with Crippen LogP contribution in [0.2, 0.25) is 0 Å². The molecule has 4 nitrogen and oxygen atoms in total. The van der Waals surface area contributed by atoms with Crippen LogP contribution >= 0.6 is 0 Å². The number of carboxylic acids is 1. The number of aryl methyl sites for hydroxylation is 2. The lowest BCUT2D eigenvalue weighted by molar-refractivity contribution is -0.139.